The molecule has 0 saturated carbocycles. The van der Waals surface area contributed by atoms with Crippen molar-refractivity contribution >= 4 is 17.2 Å². The number of phenolic OH excluding ortho intramolecular Hbond substituents is 1. The van der Waals surface area contributed by atoms with Gasteiger partial charge in [-0.3, -0.25) is 0 Å². The molecule has 0 aliphatic rings. The van der Waals surface area contributed by atoms with Gasteiger partial charge >= 0.3 is 0 Å². The lowest BCUT2D eigenvalue weighted by Gasteiger charge is -2.16. The van der Waals surface area contributed by atoms with E-state index in [2.05, 4.69) is 25.4 Å². The normalized spacial score (nSPS) is 11.9. The first-order chi connectivity index (χ1) is 14.4. The summed E-state index contributed by atoms with van der Waals surface area (Å²) in [6.07, 6.45) is 3.03. The first kappa shape index (κ1) is 19.1. The standard InChI is InChI=1S/C20H17FN8O/c1-10-3-4-29-17(10)16(12-5-13(21)7-14(30)6-12)27-19(28-29)11(2)26-20-15(8-22)18(23)24-9-25-20/h3-7,9,11,30H,1-2H3,(H3,23,24,25,26). The molecule has 0 aliphatic heterocycles. The number of anilines is 2. The van der Waals surface area contributed by atoms with Crippen molar-refractivity contribution in [1.82, 2.24) is 24.6 Å². The Labute approximate surface area is 170 Å². The van der Waals surface area contributed by atoms with E-state index >= 15 is 0 Å². The Morgan fingerprint density at radius 1 is 1.30 bits per heavy atom. The molecule has 9 nitrogen and oxygen atoms in total. The van der Waals surface area contributed by atoms with Gasteiger partial charge in [0.15, 0.2) is 5.82 Å². The average Bonchev–Trinajstić information content (AvgIpc) is 3.07. The molecule has 1 atom stereocenters. The summed E-state index contributed by atoms with van der Waals surface area (Å²) in [6.45, 7) is 3.69. The van der Waals surface area contributed by atoms with Gasteiger partial charge in [-0.15, -0.1) is 0 Å². The van der Waals surface area contributed by atoms with Crippen molar-refractivity contribution in [1.29, 1.82) is 5.26 Å². The van der Waals surface area contributed by atoms with E-state index in [9.17, 15) is 14.8 Å². The highest BCUT2D eigenvalue weighted by Crippen LogP contribution is 2.30. The Bertz CT molecular complexity index is 1290. The molecule has 0 saturated heterocycles. The summed E-state index contributed by atoms with van der Waals surface area (Å²) in [4.78, 5) is 12.5. The Morgan fingerprint density at radius 3 is 2.83 bits per heavy atom. The molecule has 30 heavy (non-hydrogen) atoms. The van der Waals surface area contributed by atoms with Crippen LogP contribution in [0.15, 0.2) is 36.8 Å². The molecule has 0 aliphatic carbocycles. The highest BCUT2D eigenvalue weighted by Gasteiger charge is 2.19. The first-order valence-electron chi connectivity index (χ1n) is 9.00. The third kappa shape index (κ3) is 3.33. The molecule has 3 aromatic heterocycles. The van der Waals surface area contributed by atoms with Crippen molar-refractivity contribution in [3.05, 3.63) is 59.6 Å². The summed E-state index contributed by atoms with van der Waals surface area (Å²) >= 11 is 0. The molecule has 0 radical (unpaired) electrons. The van der Waals surface area contributed by atoms with Crippen molar-refractivity contribution < 1.29 is 9.50 Å². The largest absolute Gasteiger partial charge is 0.508 e. The van der Waals surface area contributed by atoms with Crippen LogP contribution in [0, 0.1) is 24.1 Å². The smallest absolute Gasteiger partial charge is 0.171 e. The molecule has 4 N–H and O–H groups in total. The first-order valence-corrected chi connectivity index (χ1v) is 9.00. The Kier molecular flexibility index (Phi) is 4.63. The SMILES string of the molecule is Cc1ccn2nc(C(C)Nc3ncnc(N)c3C#N)nc(-c3cc(O)cc(F)c3)c12. The van der Waals surface area contributed by atoms with E-state index in [1.165, 1.54) is 18.5 Å². The molecule has 0 amide bonds. The third-order valence-corrected chi connectivity index (χ3v) is 4.61. The number of nitrogens with two attached hydrogens (primary N) is 1. The fraction of sp³-hybridized carbons (Fsp3) is 0.150. The predicted octanol–water partition coefficient (Wildman–Crippen LogP) is 2.97. The summed E-state index contributed by atoms with van der Waals surface area (Å²) in [5.41, 5.74) is 8.34. The minimum Gasteiger partial charge on any atom is -0.508 e. The van der Waals surface area contributed by atoms with E-state index in [4.69, 9.17) is 5.73 Å². The number of nitrogens with one attached hydrogen (secondary N) is 1. The van der Waals surface area contributed by atoms with Crippen LogP contribution in [0.1, 0.15) is 29.9 Å². The maximum Gasteiger partial charge on any atom is 0.171 e. The van der Waals surface area contributed by atoms with Crippen molar-refractivity contribution in [3.8, 4) is 23.1 Å². The highest BCUT2D eigenvalue weighted by atomic mass is 19.1. The van der Waals surface area contributed by atoms with Gasteiger partial charge in [0.25, 0.3) is 0 Å². The van der Waals surface area contributed by atoms with Crippen LogP contribution in [-0.2, 0) is 0 Å². The predicted molar refractivity (Wildman–Crippen MR) is 108 cm³/mol. The minimum absolute atomic E-state index is 0.0653. The lowest BCUT2D eigenvalue weighted by atomic mass is 10.1. The van der Waals surface area contributed by atoms with Crippen LogP contribution in [0.4, 0.5) is 16.0 Å². The van der Waals surface area contributed by atoms with Crippen LogP contribution < -0.4 is 11.1 Å². The van der Waals surface area contributed by atoms with Crippen LogP contribution in [0.3, 0.4) is 0 Å². The number of aromatic nitrogens is 5. The number of benzene rings is 1. The van der Waals surface area contributed by atoms with Crippen LogP contribution in [0.25, 0.3) is 16.8 Å². The van der Waals surface area contributed by atoms with E-state index in [-0.39, 0.29) is 22.9 Å². The van der Waals surface area contributed by atoms with Gasteiger partial charge < -0.3 is 16.2 Å². The second-order valence-electron chi connectivity index (χ2n) is 6.77. The van der Waals surface area contributed by atoms with Crippen molar-refractivity contribution in [2.24, 2.45) is 0 Å². The number of nitriles is 1. The number of nitrogens with zero attached hydrogens (tertiary/aromatic N) is 6. The molecule has 1 aromatic carbocycles. The monoisotopic (exact) mass is 404 g/mol. The molecule has 1 unspecified atom stereocenters. The second-order valence-corrected chi connectivity index (χ2v) is 6.77. The molecule has 4 rings (SSSR count). The van der Waals surface area contributed by atoms with Crippen LogP contribution in [0.5, 0.6) is 5.75 Å². The van der Waals surface area contributed by atoms with Gasteiger partial charge in [0, 0.05) is 17.8 Å². The number of phenols is 1. The summed E-state index contributed by atoms with van der Waals surface area (Å²) in [7, 11) is 0. The molecule has 0 fully saturated rings. The van der Waals surface area contributed by atoms with E-state index < -0.39 is 11.9 Å². The van der Waals surface area contributed by atoms with E-state index in [0.29, 0.717) is 22.6 Å². The summed E-state index contributed by atoms with van der Waals surface area (Å²) in [6, 6.07) is 7.14. The molecule has 150 valence electrons. The maximum atomic E-state index is 13.9. The van der Waals surface area contributed by atoms with E-state index in [1.54, 1.807) is 17.6 Å². The fourth-order valence-electron chi connectivity index (χ4n) is 3.18. The quantitative estimate of drug-likeness (QED) is 0.472. The zero-order valence-electron chi connectivity index (χ0n) is 16.1. The number of halogens is 1. The number of nitrogen functional groups attached to an aromatic ring is 1. The number of aryl methyl sites for hydroxylation is 1. The minimum atomic E-state index is -0.575. The number of fused-ring (bicyclic) bond motifs is 1. The molecular formula is C20H17FN8O. The van der Waals surface area contributed by atoms with Crippen LogP contribution in [0.2, 0.25) is 0 Å². The van der Waals surface area contributed by atoms with E-state index in [0.717, 1.165) is 11.6 Å². The van der Waals surface area contributed by atoms with Gasteiger partial charge in [0.05, 0.1) is 17.3 Å². The Morgan fingerprint density at radius 2 is 2.10 bits per heavy atom. The lowest BCUT2D eigenvalue weighted by molar-refractivity contribution is 0.469. The molecule has 0 bridgehead atoms. The number of hydrogen-bond donors (Lipinski definition) is 3. The Balaban J connectivity index is 1.83. The topological polar surface area (TPSA) is 138 Å². The number of rotatable bonds is 4. The van der Waals surface area contributed by atoms with Crippen molar-refractivity contribution in [3.63, 3.8) is 0 Å². The highest BCUT2D eigenvalue weighted by molar-refractivity contribution is 5.80. The van der Waals surface area contributed by atoms with Gasteiger partial charge in [-0.05, 0) is 37.6 Å². The summed E-state index contributed by atoms with van der Waals surface area (Å²) < 4.78 is 15.6. The van der Waals surface area contributed by atoms with E-state index in [1.807, 2.05) is 19.1 Å². The number of aromatic hydroxyl groups is 1. The average molecular weight is 404 g/mol. The maximum absolute atomic E-state index is 13.9. The van der Waals surface area contributed by atoms with Gasteiger partial charge in [-0.25, -0.2) is 23.9 Å². The molecular weight excluding hydrogens is 387 g/mol. The molecule has 4 aromatic rings. The zero-order valence-corrected chi connectivity index (χ0v) is 16.1. The van der Waals surface area contributed by atoms with Gasteiger partial charge in [-0.1, -0.05) is 0 Å². The van der Waals surface area contributed by atoms with Crippen molar-refractivity contribution in [2.75, 3.05) is 11.1 Å². The number of hydrogen-bond acceptors (Lipinski definition) is 8. The molecule has 3 heterocycles. The van der Waals surface area contributed by atoms with Crippen LogP contribution >= 0.6 is 0 Å². The fourth-order valence-corrected chi connectivity index (χ4v) is 3.18. The molecule has 0 spiro atoms. The Hall–Kier alpha value is -4.26. The zero-order chi connectivity index (χ0) is 21.4. The summed E-state index contributed by atoms with van der Waals surface area (Å²) in [5, 5.41) is 26.8. The molecule has 10 heteroatoms. The van der Waals surface area contributed by atoms with Crippen LogP contribution in [-0.4, -0.2) is 29.7 Å². The van der Waals surface area contributed by atoms with Gasteiger partial charge in [0.2, 0.25) is 0 Å². The third-order valence-electron chi connectivity index (χ3n) is 4.61. The lowest BCUT2D eigenvalue weighted by Crippen LogP contribution is -2.16. The van der Waals surface area contributed by atoms with Gasteiger partial charge in [0.1, 0.15) is 41.2 Å². The second kappa shape index (κ2) is 7.29. The van der Waals surface area contributed by atoms with Gasteiger partial charge in [-0.2, -0.15) is 10.4 Å². The summed E-state index contributed by atoms with van der Waals surface area (Å²) in [5.74, 6) is -0.0778. The van der Waals surface area contributed by atoms with Crippen molar-refractivity contribution in [2.45, 2.75) is 19.9 Å².